The molecule has 3 atom stereocenters. The highest BCUT2D eigenvalue weighted by Crippen LogP contribution is 2.38. The van der Waals surface area contributed by atoms with Crippen LogP contribution in [0.2, 0.25) is 5.02 Å². The molecule has 0 bridgehead atoms. The molecule has 1 aromatic carbocycles. The summed E-state index contributed by atoms with van der Waals surface area (Å²) < 4.78 is 19.4. The lowest BCUT2D eigenvalue weighted by atomic mass is 9.73. The van der Waals surface area contributed by atoms with Crippen molar-refractivity contribution in [3.8, 4) is 0 Å². The van der Waals surface area contributed by atoms with E-state index in [1.54, 1.807) is 13.2 Å². The second kappa shape index (κ2) is 7.08. The van der Waals surface area contributed by atoms with Gasteiger partial charge < -0.3 is 10.1 Å². The minimum atomic E-state index is -0.243. The smallest absolute Gasteiger partial charge is 0.123 e. The molecule has 0 amide bonds. The molecule has 1 fully saturated rings. The third-order valence-electron chi connectivity index (χ3n) is 4.81. The summed E-state index contributed by atoms with van der Waals surface area (Å²) in [5.41, 5.74) is 0.646. The fraction of sp³-hybridized carbons (Fsp3) is 0.647. The first-order valence-electron chi connectivity index (χ1n) is 7.67. The molecule has 1 N–H and O–H groups in total. The number of benzene rings is 1. The summed E-state index contributed by atoms with van der Waals surface area (Å²) >= 11 is 6.22. The highest BCUT2D eigenvalue weighted by molar-refractivity contribution is 6.31. The number of rotatable bonds is 5. The SMILES string of the molecule is CNC(Cc1cc(F)ccc1Cl)C1(OC)CCCC(C)C1. The van der Waals surface area contributed by atoms with Crippen LogP contribution in [0.25, 0.3) is 0 Å². The Kier molecular flexibility index (Phi) is 5.64. The largest absolute Gasteiger partial charge is 0.377 e. The maximum Gasteiger partial charge on any atom is 0.123 e. The molecule has 118 valence electrons. The summed E-state index contributed by atoms with van der Waals surface area (Å²) in [7, 11) is 3.73. The average molecular weight is 314 g/mol. The van der Waals surface area contributed by atoms with Crippen LogP contribution in [0, 0.1) is 11.7 Å². The summed E-state index contributed by atoms with van der Waals surface area (Å²) in [5, 5.41) is 3.99. The highest BCUT2D eigenvalue weighted by Gasteiger charge is 2.41. The van der Waals surface area contributed by atoms with Gasteiger partial charge in [0.25, 0.3) is 0 Å². The van der Waals surface area contributed by atoms with Crippen LogP contribution in [-0.4, -0.2) is 25.8 Å². The number of halogens is 2. The Bertz CT molecular complexity index is 482. The Morgan fingerprint density at radius 3 is 2.90 bits per heavy atom. The van der Waals surface area contributed by atoms with Crippen molar-refractivity contribution < 1.29 is 9.13 Å². The normalized spacial score (nSPS) is 27.6. The Labute approximate surface area is 132 Å². The van der Waals surface area contributed by atoms with Gasteiger partial charge in [0.15, 0.2) is 0 Å². The van der Waals surface area contributed by atoms with Gasteiger partial charge in [-0.2, -0.15) is 0 Å². The first-order chi connectivity index (χ1) is 10.0. The Balaban J connectivity index is 2.23. The monoisotopic (exact) mass is 313 g/mol. The molecule has 0 saturated heterocycles. The predicted octanol–water partition coefficient (Wildman–Crippen LogP) is 4.20. The molecule has 0 spiro atoms. The van der Waals surface area contributed by atoms with Crippen molar-refractivity contribution in [2.24, 2.45) is 5.92 Å². The van der Waals surface area contributed by atoms with Gasteiger partial charge in [0.05, 0.1) is 5.60 Å². The van der Waals surface area contributed by atoms with Crippen LogP contribution in [0.15, 0.2) is 18.2 Å². The Hall–Kier alpha value is -0.640. The molecule has 1 aliphatic rings. The molecule has 1 aliphatic carbocycles. The third-order valence-corrected chi connectivity index (χ3v) is 5.18. The first-order valence-corrected chi connectivity index (χ1v) is 8.05. The lowest BCUT2D eigenvalue weighted by Gasteiger charge is -2.44. The molecule has 2 rings (SSSR count). The van der Waals surface area contributed by atoms with Crippen LogP contribution in [-0.2, 0) is 11.2 Å². The lowest BCUT2D eigenvalue weighted by molar-refractivity contribution is -0.0775. The van der Waals surface area contributed by atoms with E-state index in [1.165, 1.54) is 25.0 Å². The summed E-state index contributed by atoms with van der Waals surface area (Å²) in [6.07, 6.45) is 5.16. The molecule has 1 aromatic rings. The Morgan fingerprint density at radius 1 is 1.52 bits per heavy atom. The maximum absolute atomic E-state index is 13.5. The molecular weight excluding hydrogens is 289 g/mol. The maximum atomic E-state index is 13.5. The van der Waals surface area contributed by atoms with Gasteiger partial charge >= 0.3 is 0 Å². The first kappa shape index (κ1) is 16.7. The van der Waals surface area contributed by atoms with Crippen molar-refractivity contribution in [2.45, 2.75) is 50.7 Å². The fourth-order valence-electron chi connectivity index (χ4n) is 3.66. The minimum Gasteiger partial charge on any atom is -0.377 e. The van der Waals surface area contributed by atoms with E-state index in [9.17, 15) is 4.39 Å². The van der Waals surface area contributed by atoms with E-state index in [0.29, 0.717) is 17.4 Å². The van der Waals surface area contributed by atoms with Gasteiger partial charge in [-0.05, 0) is 56.0 Å². The van der Waals surface area contributed by atoms with E-state index in [4.69, 9.17) is 16.3 Å². The molecule has 0 heterocycles. The molecule has 21 heavy (non-hydrogen) atoms. The summed E-state index contributed by atoms with van der Waals surface area (Å²) in [6.45, 7) is 2.27. The van der Waals surface area contributed by atoms with Gasteiger partial charge in [-0.25, -0.2) is 4.39 Å². The number of methoxy groups -OCH3 is 1. The van der Waals surface area contributed by atoms with Gasteiger partial charge in [0.1, 0.15) is 5.82 Å². The standard InChI is InChI=1S/C17H25ClFNO/c1-12-5-4-8-17(11-12,21-3)16(20-2)10-13-9-14(19)6-7-15(13)18/h6-7,9,12,16,20H,4-5,8,10-11H2,1-3H3. The van der Waals surface area contributed by atoms with Gasteiger partial charge in [-0.15, -0.1) is 0 Å². The zero-order chi connectivity index (χ0) is 15.5. The van der Waals surface area contributed by atoms with E-state index in [1.807, 2.05) is 7.05 Å². The van der Waals surface area contributed by atoms with Crippen molar-refractivity contribution in [3.05, 3.63) is 34.6 Å². The molecule has 3 unspecified atom stereocenters. The van der Waals surface area contributed by atoms with Crippen LogP contribution in [0.5, 0.6) is 0 Å². The Morgan fingerprint density at radius 2 is 2.29 bits per heavy atom. The number of hydrogen-bond acceptors (Lipinski definition) is 2. The van der Waals surface area contributed by atoms with Gasteiger partial charge in [-0.3, -0.25) is 0 Å². The number of likely N-dealkylation sites (N-methyl/N-ethyl adjacent to an activating group) is 1. The third kappa shape index (κ3) is 3.77. The molecule has 2 nitrogen and oxygen atoms in total. The van der Waals surface area contributed by atoms with Crippen molar-refractivity contribution in [1.29, 1.82) is 0 Å². The molecule has 4 heteroatoms. The molecule has 0 radical (unpaired) electrons. The lowest BCUT2D eigenvalue weighted by Crippen LogP contribution is -2.54. The highest BCUT2D eigenvalue weighted by atomic mass is 35.5. The van der Waals surface area contributed by atoms with Crippen LogP contribution in [0.3, 0.4) is 0 Å². The zero-order valence-electron chi connectivity index (χ0n) is 13.1. The summed E-state index contributed by atoms with van der Waals surface area (Å²) in [4.78, 5) is 0. The second-order valence-electron chi connectivity index (χ2n) is 6.25. The fourth-order valence-corrected chi connectivity index (χ4v) is 3.85. The number of hydrogen-bond donors (Lipinski definition) is 1. The predicted molar refractivity (Wildman–Crippen MR) is 85.3 cm³/mol. The molecule has 1 saturated carbocycles. The van der Waals surface area contributed by atoms with E-state index in [0.717, 1.165) is 18.4 Å². The van der Waals surface area contributed by atoms with Crippen LogP contribution in [0.1, 0.15) is 38.2 Å². The van der Waals surface area contributed by atoms with E-state index in [-0.39, 0.29) is 17.5 Å². The average Bonchev–Trinajstić information content (AvgIpc) is 2.48. The zero-order valence-corrected chi connectivity index (χ0v) is 13.8. The molecular formula is C17H25ClFNO. The molecule has 0 aliphatic heterocycles. The summed E-state index contributed by atoms with van der Waals surface area (Å²) in [5.74, 6) is 0.408. The van der Waals surface area contributed by atoms with E-state index >= 15 is 0 Å². The van der Waals surface area contributed by atoms with Gasteiger partial charge in [0, 0.05) is 18.2 Å². The quantitative estimate of drug-likeness (QED) is 0.879. The second-order valence-corrected chi connectivity index (χ2v) is 6.66. The number of ether oxygens (including phenoxy) is 1. The van der Waals surface area contributed by atoms with Crippen molar-refractivity contribution in [1.82, 2.24) is 5.32 Å². The van der Waals surface area contributed by atoms with Crippen molar-refractivity contribution >= 4 is 11.6 Å². The van der Waals surface area contributed by atoms with Crippen LogP contribution < -0.4 is 5.32 Å². The van der Waals surface area contributed by atoms with Gasteiger partial charge in [0.2, 0.25) is 0 Å². The summed E-state index contributed by atoms with van der Waals surface area (Å²) in [6, 6.07) is 4.68. The van der Waals surface area contributed by atoms with E-state index in [2.05, 4.69) is 12.2 Å². The van der Waals surface area contributed by atoms with Gasteiger partial charge in [-0.1, -0.05) is 31.4 Å². The van der Waals surface area contributed by atoms with Crippen molar-refractivity contribution in [3.63, 3.8) is 0 Å². The van der Waals surface area contributed by atoms with Crippen LogP contribution in [0.4, 0.5) is 4.39 Å². The van der Waals surface area contributed by atoms with Crippen LogP contribution >= 0.6 is 11.6 Å². The number of nitrogens with one attached hydrogen (secondary N) is 1. The van der Waals surface area contributed by atoms with Crippen molar-refractivity contribution in [2.75, 3.05) is 14.2 Å². The van der Waals surface area contributed by atoms with E-state index < -0.39 is 0 Å². The minimum absolute atomic E-state index is 0.129. The molecule has 0 aromatic heterocycles. The topological polar surface area (TPSA) is 21.3 Å².